The molecule has 2 heterocycles. The molecule has 0 unspecified atom stereocenters. The van der Waals surface area contributed by atoms with E-state index >= 15 is 0 Å². The molecule has 3 nitrogen and oxygen atoms in total. The number of nitrogens with zero attached hydrogens (tertiary/aromatic N) is 1. The third-order valence-electron chi connectivity index (χ3n) is 4.41. The fraction of sp³-hybridized carbons (Fsp3) is 0.588. The highest BCUT2D eigenvalue weighted by Crippen LogP contribution is 2.38. The molecule has 2 aliphatic rings. The van der Waals surface area contributed by atoms with Gasteiger partial charge in [-0.2, -0.15) is 0 Å². The number of carbonyl (C=O) groups is 1. The maximum absolute atomic E-state index is 12.9. The zero-order valence-electron chi connectivity index (χ0n) is 12.6. The third kappa shape index (κ3) is 3.27. The number of ether oxygens (including phenoxy) is 1. The normalized spacial score (nSPS) is 24.6. The van der Waals surface area contributed by atoms with Gasteiger partial charge in [-0.15, -0.1) is 11.8 Å². The molecular formula is C17H23NO2S. The van der Waals surface area contributed by atoms with Crippen molar-refractivity contribution >= 4 is 17.7 Å². The van der Waals surface area contributed by atoms with Crippen LogP contribution in [0, 0.1) is 5.92 Å². The maximum atomic E-state index is 12.9. The van der Waals surface area contributed by atoms with E-state index in [1.54, 1.807) is 11.8 Å². The summed E-state index contributed by atoms with van der Waals surface area (Å²) in [6, 6.07) is 8.41. The molecule has 2 aliphatic heterocycles. The first kappa shape index (κ1) is 14.9. The lowest BCUT2D eigenvalue weighted by atomic mass is 10.0. The van der Waals surface area contributed by atoms with Crippen molar-refractivity contribution in [2.45, 2.75) is 25.0 Å². The number of benzene rings is 1. The molecule has 1 aromatic rings. The molecule has 0 spiro atoms. The second-order valence-electron chi connectivity index (χ2n) is 5.81. The summed E-state index contributed by atoms with van der Waals surface area (Å²) in [5.41, 5.74) is 2.56. The Morgan fingerprint density at radius 1 is 1.43 bits per heavy atom. The van der Waals surface area contributed by atoms with Gasteiger partial charge < -0.3 is 9.64 Å². The van der Waals surface area contributed by atoms with E-state index in [1.165, 1.54) is 11.1 Å². The van der Waals surface area contributed by atoms with Crippen LogP contribution in [0.5, 0.6) is 0 Å². The van der Waals surface area contributed by atoms with Gasteiger partial charge in [0, 0.05) is 25.6 Å². The molecule has 1 fully saturated rings. The van der Waals surface area contributed by atoms with Gasteiger partial charge >= 0.3 is 0 Å². The van der Waals surface area contributed by atoms with E-state index in [2.05, 4.69) is 25.1 Å². The minimum absolute atomic E-state index is 0.0165. The topological polar surface area (TPSA) is 29.5 Å². The lowest BCUT2D eigenvalue weighted by Crippen LogP contribution is -2.38. The van der Waals surface area contributed by atoms with E-state index in [-0.39, 0.29) is 11.2 Å². The minimum Gasteiger partial charge on any atom is -0.381 e. The monoisotopic (exact) mass is 305 g/mol. The highest BCUT2D eigenvalue weighted by atomic mass is 32.2. The van der Waals surface area contributed by atoms with E-state index < -0.39 is 0 Å². The van der Waals surface area contributed by atoms with Gasteiger partial charge in [0.25, 0.3) is 0 Å². The van der Waals surface area contributed by atoms with Crippen molar-refractivity contribution in [3.05, 3.63) is 35.4 Å². The van der Waals surface area contributed by atoms with Crippen LogP contribution in [0.15, 0.2) is 24.3 Å². The van der Waals surface area contributed by atoms with E-state index in [1.807, 2.05) is 11.0 Å². The van der Waals surface area contributed by atoms with E-state index in [4.69, 9.17) is 4.74 Å². The lowest BCUT2D eigenvalue weighted by Gasteiger charge is -2.31. The Morgan fingerprint density at radius 3 is 3.05 bits per heavy atom. The Labute approximate surface area is 131 Å². The van der Waals surface area contributed by atoms with Crippen LogP contribution in [-0.2, 0) is 16.0 Å². The molecule has 0 N–H and O–H groups in total. The van der Waals surface area contributed by atoms with Gasteiger partial charge in [-0.05, 0) is 36.6 Å². The number of rotatable bonds is 4. The van der Waals surface area contributed by atoms with Crippen molar-refractivity contribution in [1.29, 1.82) is 0 Å². The number of fused-ring (bicyclic) bond motifs is 1. The summed E-state index contributed by atoms with van der Waals surface area (Å²) in [6.45, 7) is 5.35. The van der Waals surface area contributed by atoms with Crippen LogP contribution in [0.4, 0.5) is 0 Å². The zero-order valence-corrected chi connectivity index (χ0v) is 13.4. The summed E-state index contributed by atoms with van der Waals surface area (Å²) in [6.07, 6.45) is 2.16. The lowest BCUT2D eigenvalue weighted by molar-refractivity contribution is -0.131. The Kier molecular flexibility index (Phi) is 4.86. The summed E-state index contributed by atoms with van der Waals surface area (Å²) in [4.78, 5) is 15.0. The molecule has 0 radical (unpaired) electrons. The number of aryl methyl sites for hydroxylation is 1. The van der Waals surface area contributed by atoms with Crippen molar-refractivity contribution in [2.75, 3.05) is 32.1 Å². The van der Waals surface area contributed by atoms with Crippen molar-refractivity contribution in [3.63, 3.8) is 0 Å². The SMILES string of the molecule is CCN(C[C@H]1CCOC1)C(=O)[C@H]1SCCc2ccccc21. The van der Waals surface area contributed by atoms with Crippen molar-refractivity contribution in [3.8, 4) is 0 Å². The van der Waals surface area contributed by atoms with Crippen molar-refractivity contribution in [1.82, 2.24) is 4.90 Å². The average molecular weight is 305 g/mol. The molecule has 0 aromatic heterocycles. The third-order valence-corrected chi connectivity index (χ3v) is 5.64. The molecule has 1 amide bonds. The maximum Gasteiger partial charge on any atom is 0.240 e. The van der Waals surface area contributed by atoms with Gasteiger partial charge in [-0.1, -0.05) is 24.3 Å². The number of likely N-dealkylation sites (N-methyl/N-ethyl adjacent to an activating group) is 1. The van der Waals surface area contributed by atoms with Gasteiger partial charge in [0.15, 0.2) is 0 Å². The van der Waals surface area contributed by atoms with Crippen LogP contribution in [0.3, 0.4) is 0 Å². The molecule has 114 valence electrons. The second-order valence-corrected chi connectivity index (χ2v) is 7.02. The summed E-state index contributed by atoms with van der Waals surface area (Å²) in [5, 5.41) is -0.0165. The first-order valence-corrected chi connectivity index (χ1v) is 8.90. The summed E-state index contributed by atoms with van der Waals surface area (Å²) >= 11 is 1.79. The van der Waals surface area contributed by atoms with E-state index in [0.29, 0.717) is 5.92 Å². The molecule has 0 aliphatic carbocycles. The van der Waals surface area contributed by atoms with Crippen molar-refractivity contribution < 1.29 is 9.53 Å². The molecule has 21 heavy (non-hydrogen) atoms. The summed E-state index contributed by atoms with van der Waals surface area (Å²) in [5.74, 6) is 1.83. The first-order valence-electron chi connectivity index (χ1n) is 7.85. The molecule has 4 heteroatoms. The Bertz CT molecular complexity index is 499. The minimum atomic E-state index is -0.0165. The molecular weight excluding hydrogens is 282 g/mol. The van der Waals surface area contributed by atoms with Crippen LogP contribution < -0.4 is 0 Å². The molecule has 1 aromatic carbocycles. The molecule has 0 bridgehead atoms. The molecule has 2 atom stereocenters. The number of amides is 1. The van der Waals surface area contributed by atoms with Crippen molar-refractivity contribution in [2.24, 2.45) is 5.92 Å². The zero-order chi connectivity index (χ0) is 14.7. The first-order chi connectivity index (χ1) is 10.3. The highest BCUT2D eigenvalue weighted by molar-refractivity contribution is 8.00. The van der Waals surface area contributed by atoms with Gasteiger partial charge in [0.05, 0.1) is 6.61 Å². The van der Waals surface area contributed by atoms with Crippen LogP contribution in [0.2, 0.25) is 0 Å². The Hall–Kier alpha value is -1.00. The second kappa shape index (κ2) is 6.84. The Morgan fingerprint density at radius 2 is 2.29 bits per heavy atom. The van der Waals surface area contributed by atoms with Gasteiger partial charge in [-0.25, -0.2) is 0 Å². The van der Waals surface area contributed by atoms with Crippen LogP contribution in [0.25, 0.3) is 0 Å². The summed E-state index contributed by atoms with van der Waals surface area (Å²) in [7, 11) is 0. The standard InChI is InChI=1S/C17H23NO2S/c1-2-18(11-13-7-9-20-12-13)17(19)16-15-6-4-3-5-14(15)8-10-21-16/h3-6,13,16H,2,7-12H2,1H3/t13-,16+/m1/s1. The predicted octanol–water partition coefficient (Wildman–Crippen LogP) is 2.90. The fourth-order valence-electron chi connectivity index (χ4n) is 3.18. The number of carbonyl (C=O) groups excluding carboxylic acids is 1. The number of hydrogen-bond donors (Lipinski definition) is 0. The van der Waals surface area contributed by atoms with Gasteiger partial charge in [-0.3, -0.25) is 4.79 Å². The number of thioether (sulfide) groups is 1. The summed E-state index contributed by atoms with van der Waals surface area (Å²) < 4.78 is 5.44. The van der Waals surface area contributed by atoms with E-state index in [0.717, 1.165) is 44.9 Å². The molecule has 0 saturated carbocycles. The largest absolute Gasteiger partial charge is 0.381 e. The fourth-order valence-corrected chi connectivity index (χ4v) is 4.45. The average Bonchev–Trinajstić information content (AvgIpc) is 3.04. The van der Waals surface area contributed by atoms with Crippen LogP contribution in [0.1, 0.15) is 29.7 Å². The number of hydrogen-bond acceptors (Lipinski definition) is 3. The Balaban J connectivity index is 1.74. The van der Waals surface area contributed by atoms with Gasteiger partial charge in [0.2, 0.25) is 5.91 Å². The predicted molar refractivity (Wildman–Crippen MR) is 86.5 cm³/mol. The smallest absolute Gasteiger partial charge is 0.240 e. The molecule has 1 saturated heterocycles. The van der Waals surface area contributed by atoms with Crippen LogP contribution in [-0.4, -0.2) is 42.9 Å². The highest BCUT2D eigenvalue weighted by Gasteiger charge is 2.31. The quantitative estimate of drug-likeness (QED) is 0.856. The van der Waals surface area contributed by atoms with E-state index in [9.17, 15) is 4.79 Å². The van der Waals surface area contributed by atoms with Crippen LogP contribution >= 0.6 is 11.8 Å². The molecule has 3 rings (SSSR count). The van der Waals surface area contributed by atoms with Gasteiger partial charge in [0.1, 0.15) is 5.25 Å².